The summed E-state index contributed by atoms with van der Waals surface area (Å²) in [5.41, 5.74) is 2.55. The summed E-state index contributed by atoms with van der Waals surface area (Å²) in [6.45, 7) is 3.80. The van der Waals surface area contributed by atoms with E-state index in [0.717, 1.165) is 11.1 Å². The van der Waals surface area contributed by atoms with E-state index in [2.05, 4.69) is 0 Å². The number of carboxylic acids is 2. The first-order valence-electron chi connectivity index (χ1n) is 5.96. The van der Waals surface area contributed by atoms with Crippen molar-refractivity contribution in [2.75, 3.05) is 0 Å². The van der Waals surface area contributed by atoms with Gasteiger partial charge in [0, 0.05) is 0 Å². The number of rotatable bonds is 2. The molecular formula is C16H14O4Sr. The molecular weight excluding hydrogens is 344 g/mol. The maximum absolute atomic E-state index is 10.2. The standard InChI is InChI=1S/2C8H8O2.Sr/c2*1-6-2-4-7(5-3-6)8(9)10;/h2*2-5H,1H3,(H,9,10);/q;;+2/p-2. The summed E-state index contributed by atoms with van der Waals surface area (Å²) in [7, 11) is 0. The first-order valence-corrected chi connectivity index (χ1v) is 5.96. The average molecular weight is 358 g/mol. The van der Waals surface area contributed by atoms with Crippen molar-refractivity contribution in [1.82, 2.24) is 0 Å². The van der Waals surface area contributed by atoms with E-state index in [4.69, 9.17) is 0 Å². The van der Waals surface area contributed by atoms with Gasteiger partial charge in [-0.25, -0.2) is 0 Å². The minimum absolute atomic E-state index is 0. The molecule has 0 aliphatic rings. The van der Waals surface area contributed by atoms with Crippen molar-refractivity contribution in [3.8, 4) is 0 Å². The zero-order valence-corrected chi connectivity index (χ0v) is 15.4. The number of carbonyl (C=O) groups excluding carboxylic acids is 2. The van der Waals surface area contributed by atoms with Crippen molar-refractivity contribution < 1.29 is 19.8 Å². The third-order valence-electron chi connectivity index (χ3n) is 2.57. The van der Waals surface area contributed by atoms with Gasteiger partial charge in [0.25, 0.3) is 0 Å². The van der Waals surface area contributed by atoms with E-state index in [1.165, 1.54) is 24.3 Å². The van der Waals surface area contributed by atoms with Gasteiger partial charge in [-0.3, -0.25) is 0 Å². The molecule has 2 aromatic carbocycles. The molecule has 21 heavy (non-hydrogen) atoms. The molecule has 0 unspecified atom stereocenters. The zero-order valence-electron chi connectivity index (χ0n) is 12.0. The SMILES string of the molecule is Cc1ccc(C(=O)[O-])cc1.Cc1ccc(C(=O)[O-])cc1.[Sr+2]. The Balaban J connectivity index is 0.000000364. The third-order valence-corrected chi connectivity index (χ3v) is 2.57. The first-order chi connectivity index (χ1) is 9.40. The smallest absolute Gasteiger partial charge is 0.545 e. The summed E-state index contributed by atoms with van der Waals surface area (Å²) in [6.07, 6.45) is 0. The van der Waals surface area contributed by atoms with Crippen LogP contribution < -0.4 is 10.2 Å². The fourth-order valence-electron chi connectivity index (χ4n) is 1.38. The minimum Gasteiger partial charge on any atom is -0.545 e. The summed E-state index contributed by atoms with van der Waals surface area (Å²) in [6, 6.07) is 13.1. The van der Waals surface area contributed by atoms with E-state index in [0.29, 0.717) is 0 Å². The van der Waals surface area contributed by atoms with Crippen LogP contribution in [0, 0.1) is 13.8 Å². The van der Waals surface area contributed by atoms with Crippen molar-refractivity contribution >= 4 is 57.4 Å². The molecule has 0 aliphatic carbocycles. The quantitative estimate of drug-likeness (QED) is 0.726. The molecule has 2 aromatic rings. The Morgan fingerprint density at radius 2 is 0.905 bits per heavy atom. The maximum Gasteiger partial charge on any atom is 2.00 e. The van der Waals surface area contributed by atoms with Gasteiger partial charge in [-0.1, -0.05) is 59.7 Å². The Hall–Kier alpha value is -1.14. The molecule has 0 N–H and O–H groups in total. The molecule has 0 spiro atoms. The predicted octanol–water partition coefficient (Wildman–Crippen LogP) is 0.336. The second-order valence-corrected chi connectivity index (χ2v) is 4.31. The number of carboxylic acid groups (broad SMARTS) is 2. The van der Waals surface area contributed by atoms with Gasteiger partial charge in [-0.05, 0) is 25.0 Å². The van der Waals surface area contributed by atoms with Crippen molar-refractivity contribution in [3.05, 3.63) is 70.8 Å². The van der Waals surface area contributed by atoms with Crippen LogP contribution in [-0.2, 0) is 0 Å². The maximum atomic E-state index is 10.2. The fourth-order valence-corrected chi connectivity index (χ4v) is 1.38. The predicted molar refractivity (Wildman–Crippen MR) is 76.8 cm³/mol. The van der Waals surface area contributed by atoms with Gasteiger partial charge in [0.05, 0.1) is 11.9 Å². The summed E-state index contributed by atoms with van der Waals surface area (Å²) in [5.74, 6) is -2.25. The van der Waals surface area contributed by atoms with E-state index < -0.39 is 11.9 Å². The van der Waals surface area contributed by atoms with Gasteiger partial charge in [0.2, 0.25) is 0 Å². The van der Waals surface area contributed by atoms with Crippen molar-refractivity contribution in [2.45, 2.75) is 13.8 Å². The largest absolute Gasteiger partial charge is 2.00 e. The molecule has 0 bridgehead atoms. The summed E-state index contributed by atoms with van der Waals surface area (Å²) >= 11 is 0. The van der Waals surface area contributed by atoms with Crippen LogP contribution in [0.25, 0.3) is 0 Å². The van der Waals surface area contributed by atoms with Crippen LogP contribution in [-0.4, -0.2) is 57.4 Å². The Bertz CT molecular complexity index is 533. The Kier molecular flexibility index (Phi) is 9.21. The van der Waals surface area contributed by atoms with Gasteiger partial charge in [-0.15, -0.1) is 0 Å². The van der Waals surface area contributed by atoms with E-state index in [1.54, 1.807) is 24.3 Å². The number of hydrogen-bond donors (Lipinski definition) is 0. The molecule has 0 fully saturated rings. The number of carbonyl (C=O) groups is 2. The van der Waals surface area contributed by atoms with Crippen molar-refractivity contribution in [3.63, 3.8) is 0 Å². The molecule has 0 saturated heterocycles. The third kappa shape index (κ3) is 7.43. The van der Waals surface area contributed by atoms with Gasteiger partial charge in [0.1, 0.15) is 0 Å². The number of hydrogen-bond acceptors (Lipinski definition) is 4. The van der Waals surface area contributed by atoms with E-state index >= 15 is 0 Å². The zero-order chi connectivity index (χ0) is 15.1. The Morgan fingerprint density at radius 1 is 0.667 bits per heavy atom. The normalized spacial score (nSPS) is 8.86. The molecule has 0 aromatic heterocycles. The molecule has 0 radical (unpaired) electrons. The van der Waals surface area contributed by atoms with Crippen LogP contribution >= 0.6 is 0 Å². The molecule has 104 valence electrons. The monoisotopic (exact) mass is 358 g/mol. The van der Waals surface area contributed by atoms with Crippen LogP contribution in [0.4, 0.5) is 0 Å². The van der Waals surface area contributed by atoms with Gasteiger partial charge >= 0.3 is 45.5 Å². The van der Waals surface area contributed by atoms with E-state index in [1.807, 2.05) is 13.8 Å². The fraction of sp³-hybridized carbons (Fsp3) is 0.125. The number of aromatic carboxylic acids is 2. The van der Waals surface area contributed by atoms with Crippen molar-refractivity contribution in [1.29, 1.82) is 0 Å². The van der Waals surface area contributed by atoms with E-state index in [-0.39, 0.29) is 56.6 Å². The number of benzene rings is 2. The van der Waals surface area contributed by atoms with Crippen molar-refractivity contribution in [2.24, 2.45) is 0 Å². The molecule has 4 nitrogen and oxygen atoms in total. The van der Waals surface area contributed by atoms with Crippen LogP contribution in [0.2, 0.25) is 0 Å². The van der Waals surface area contributed by atoms with Crippen LogP contribution in [0.5, 0.6) is 0 Å². The molecule has 0 saturated carbocycles. The van der Waals surface area contributed by atoms with E-state index in [9.17, 15) is 19.8 Å². The first kappa shape index (κ1) is 19.9. The van der Waals surface area contributed by atoms with Gasteiger partial charge < -0.3 is 19.8 Å². The molecule has 0 aliphatic heterocycles. The summed E-state index contributed by atoms with van der Waals surface area (Å²) in [4.78, 5) is 20.4. The molecule has 0 heterocycles. The topological polar surface area (TPSA) is 80.3 Å². The number of aryl methyl sites for hydroxylation is 2. The van der Waals surface area contributed by atoms with Gasteiger partial charge in [-0.2, -0.15) is 0 Å². The second kappa shape index (κ2) is 9.73. The summed E-state index contributed by atoms with van der Waals surface area (Å²) in [5, 5.41) is 20.4. The Labute approximate surface area is 160 Å². The Morgan fingerprint density at radius 3 is 1.10 bits per heavy atom. The van der Waals surface area contributed by atoms with Crippen LogP contribution in [0.3, 0.4) is 0 Å². The van der Waals surface area contributed by atoms with Gasteiger partial charge in [0.15, 0.2) is 0 Å². The molecule has 5 heteroatoms. The summed E-state index contributed by atoms with van der Waals surface area (Å²) < 4.78 is 0. The second-order valence-electron chi connectivity index (χ2n) is 4.31. The van der Waals surface area contributed by atoms with Crippen LogP contribution in [0.1, 0.15) is 31.8 Å². The molecule has 2 rings (SSSR count). The van der Waals surface area contributed by atoms with Crippen LogP contribution in [0.15, 0.2) is 48.5 Å². The minimum atomic E-state index is -1.12. The molecule has 0 amide bonds. The molecule has 0 atom stereocenters. The average Bonchev–Trinajstić information content (AvgIpc) is 2.40.